The van der Waals surface area contributed by atoms with Gasteiger partial charge in [0.05, 0.1) is 24.4 Å². The summed E-state index contributed by atoms with van der Waals surface area (Å²) in [6.07, 6.45) is 4.07. The Balaban J connectivity index is 1.44. The summed E-state index contributed by atoms with van der Waals surface area (Å²) in [6, 6.07) is -1.30. The van der Waals surface area contributed by atoms with Crippen molar-refractivity contribution in [2.75, 3.05) is 0 Å². The van der Waals surface area contributed by atoms with Crippen molar-refractivity contribution in [3.63, 3.8) is 0 Å². The van der Waals surface area contributed by atoms with Crippen molar-refractivity contribution in [3.8, 4) is 0 Å². The molecule has 4 aliphatic rings. The molecule has 4 fully saturated rings. The molecule has 36 heavy (non-hydrogen) atoms. The van der Waals surface area contributed by atoms with Gasteiger partial charge in [-0.05, 0) is 105 Å². The molecule has 0 radical (unpaired) electrons. The fourth-order valence-electron chi connectivity index (χ4n) is 9.41. The van der Waals surface area contributed by atoms with Crippen LogP contribution in [0.2, 0.25) is 0 Å². The van der Waals surface area contributed by atoms with Gasteiger partial charge in [-0.25, -0.2) is 4.79 Å². The van der Waals surface area contributed by atoms with Gasteiger partial charge in [0.25, 0.3) is 0 Å². The number of carbonyl (C=O) groups is 2. The molecule has 0 aliphatic heterocycles. The Bertz CT molecular complexity index is 835. The molecule has 0 bridgehead atoms. The largest absolute Gasteiger partial charge is 0.480 e. The number of carboxylic acid groups (broad SMARTS) is 1. The normalized spacial score (nSPS) is 46.6. The molecule has 8 heteroatoms. The molecule has 4 saturated carbocycles. The van der Waals surface area contributed by atoms with Crippen LogP contribution in [0.3, 0.4) is 0 Å². The van der Waals surface area contributed by atoms with Crippen LogP contribution in [0.25, 0.3) is 0 Å². The predicted octanol–water partition coefficient (Wildman–Crippen LogP) is 2.31. The van der Waals surface area contributed by atoms with Crippen LogP contribution in [0.15, 0.2) is 0 Å². The summed E-state index contributed by atoms with van der Waals surface area (Å²) >= 11 is 0. The highest BCUT2D eigenvalue weighted by molar-refractivity contribution is 5.83. The number of aliphatic hydroxyl groups excluding tert-OH is 4. The highest BCUT2D eigenvalue weighted by atomic mass is 16.4. The Morgan fingerprint density at radius 1 is 0.917 bits per heavy atom. The van der Waals surface area contributed by atoms with E-state index in [2.05, 4.69) is 26.1 Å². The Hall–Kier alpha value is -1.22. The van der Waals surface area contributed by atoms with Crippen molar-refractivity contribution in [2.24, 2.45) is 46.3 Å². The molecule has 0 aromatic heterocycles. The number of aliphatic carboxylic acids is 1. The van der Waals surface area contributed by atoms with Crippen molar-refractivity contribution in [3.05, 3.63) is 0 Å². The fourth-order valence-corrected chi connectivity index (χ4v) is 9.41. The topological polar surface area (TPSA) is 147 Å². The fraction of sp³-hybridized carbons (Fsp3) is 0.929. The average Bonchev–Trinajstić information content (AvgIpc) is 3.17. The predicted molar refractivity (Wildman–Crippen MR) is 134 cm³/mol. The van der Waals surface area contributed by atoms with Gasteiger partial charge in [0.1, 0.15) is 0 Å². The SMILES string of the molecule is CC(O)[C@H](NC(=O)CC[C@@H](C)[C@H]1CC[C@H]2[C@@H]3[C@H](O)[C@@H](O)[C@@H]4C[C@H](O)CC[C@]4(C)[C@H]3CC[C@]12C)C(=O)O. The van der Waals surface area contributed by atoms with E-state index in [1.165, 1.54) is 6.92 Å². The first-order valence-electron chi connectivity index (χ1n) is 14.1. The van der Waals surface area contributed by atoms with Gasteiger partial charge < -0.3 is 30.8 Å². The third-order valence-corrected chi connectivity index (χ3v) is 11.4. The number of rotatable bonds is 7. The molecule has 0 heterocycles. The quantitative estimate of drug-likeness (QED) is 0.309. The minimum absolute atomic E-state index is 0.0261. The number of carboxylic acids is 1. The standard InChI is InChI=1S/C28H47NO7/c1-14(5-8-21(32)29-23(15(2)30)26(35)36)17-6-7-18-22-19(10-12-27(17,18)3)28(4)11-9-16(31)13-20(28)24(33)25(22)34/h14-20,22-25,30-31,33-34H,5-13H2,1-4H3,(H,29,32)(H,35,36)/t14-,15?,16-,17-,18+,19+,20+,22+,23+,24+,25+,27-,28-/m1/s1. The highest BCUT2D eigenvalue weighted by Gasteiger charge is 2.65. The highest BCUT2D eigenvalue weighted by Crippen LogP contribution is 2.68. The van der Waals surface area contributed by atoms with Crippen LogP contribution < -0.4 is 5.32 Å². The van der Waals surface area contributed by atoms with Crippen molar-refractivity contribution in [1.29, 1.82) is 0 Å². The van der Waals surface area contributed by atoms with Gasteiger partial charge in [-0.1, -0.05) is 20.8 Å². The summed E-state index contributed by atoms with van der Waals surface area (Å²) in [5, 5.41) is 54.2. The zero-order chi connectivity index (χ0) is 26.6. The van der Waals surface area contributed by atoms with Crippen LogP contribution in [0.4, 0.5) is 0 Å². The van der Waals surface area contributed by atoms with Gasteiger partial charge in [0.2, 0.25) is 5.91 Å². The smallest absolute Gasteiger partial charge is 0.328 e. The van der Waals surface area contributed by atoms with Crippen molar-refractivity contribution in [2.45, 2.75) is 116 Å². The number of hydrogen-bond donors (Lipinski definition) is 6. The van der Waals surface area contributed by atoms with Crippen LogP contribution in [-0.4, -0.2) is 67.9 Å². The lowest BCUT2D eigenvalue weighted by Crippen LogP contribution is -2.64. The zero-order valence-corrected chi connectivity index (χ0v) is 22.3. The van der Waals surface area contributed by atoms with E-state index in [9.17, 15) is 35.1 Å². The van der Waals surface area contributed by atoms with E-state index < -0.39 is 36.4 Å². The second kappa shape index (κ2) is 10.2. The summed E-state index contributed by atoms with van der Waals surface area (Å²) in [6.45, 7) is 8.15. The molecule has 206 valence electrons. The number of fused-ring (bicyclic) bond motifs is 5. The number of hydrogen-bond acceptors (Lipinski definition) is 6. The molecule has 0 aromatic rings. The van der Waals surface area contributed by atoms with Crippen LogP contribution in [0.5, 0.6) is 0 Å². The van der Waals surface area contributed by atoms with Crippen molar-refractivity contribution in [1.82, 2.24) is 5.32 Å². The Kier molecular flexibility index (Phi) is 7.84. The average molecular weight is 510 g/mol. The monoisotopic (exact) mass is 509 g/mol. The molecular weight excluding hydrogens is 462 g/mol. The Morgan fingerprint density at radius 3 is 2.19 bits per heavy atom. The molecule has 8 nitrogen and oxygen atoms in total. The summed E-state index contributed by atoms with van der Waals surface area (Å²) in [5.41, 5.74) is -0.0332. The van der Waals surface area contributed by atoms with E-state index in [1.807, 2.05) is 0 Å². The third-order valence-electron chi connectivity index (χ3n) is 11.4. The molecule has 4 aliphatic carbocycles. The lowest BCUT2D eigenvalue weighted by molar-refractivity contribution is -0.223. The third kappa shape index (κ3) is 4.61. The number of amides is 1. The second-order valence-corrected chi connectivity index (χ2v) is 13.2. The summed E-state index contributed by atoms with van der Waals surface area (Å²) in [7, 11) is 0. The summed E-state index contributed by atoms with van der Waals surface area (Å²) < 4.78 is 0. The van der Waals surface area contributed by atoms with Gasteiger partial charge in [-0.15, -0.1) is 0 Å². The zero-order valence-electron chi connectivity index (χ0n) is 22.3. The van der Waals surface area contributed by atoms with Crippen LogP contribution in [0, 0.1) is 46.3 Å². The first-order valence-corrected chi connectivity index (χ1v) is 14.1. The van der Waals surface area contributed by atoms with E-state index in [0.29, 0.717) is 30.6 Å². The number of nitrogens with one attached hydrogen (secondary N) is 1. The van der Waals surface area contributed by atoms with Crippen molar-refractivity contribution >= 4 is 11.9 Å². The minimum atomic E-state index is -1.30. The number of carbonyl (C=O) groups excluding carboxylic acids is 1. The van der Waals surface area contributed by atoms with Gasteiger partial charge in [-0.3, -0.25) is 4.79 Å². The van der Waals surface area contributed by atoms with E-state index >= 15 is 0 Å². The molecule has 13 atom stereocenters. The lowest BCUT2D eigenvalue weighted by atomic mass is 9.43. The van der Waals surface area contributed by atoms with E-state index in [0.717, 1.165) is 38.5 Å². The Labute approximate surface area is 214 Å². The summed E-state index contributed by atoms with van der Waals surface area (Å²) in [5.74, 6) is -0.292. The van der Waals surface area contributed by atoms with Gasteiger partial charge in [0, 0.05) is 6.42 Å². The maximum atomic E-state index is 12.4. The van der Waals surface area contributed by atoms with E-state index in [4.69, 9.17) is 0 Å². The first kappa shape index (κ1) is 27.8. The van der Waals surface area contributed by atoms with Gasteiger partial charge in [0.15, 0.2) is 6.04 Å². The number of aliphatic hydroxyl groups is 4. The van der Waals surface area contributed by atoms with Crippen LogP contribution in [0.1, 0.15) is 85.5 Å². The Morgan fingerprint density at radius 2 is 1.56 bits per heavy atom. The molecule has 0 saturated heterocycles. The van der Waals surface area contributed by atoms with E-state index in [-0.39, 0.29) is 40.9 Å². The van der Waals surface area contributed by atoms with Gasteiger partial charge >= 0.3 is 5.97 Å². The van der Waals surface area contributed by atoms with Crippen molar-refractivity contribution < 1.29 is 35.1 Å². The summed E-state index contributed by atoms with van der Waals surface area (Å²) in [4.78, 5) is 23.7. The molecule has 0 aromatic carbocycles. The molecule has 6 N–H and O–H groups in total. The molecule has 4 rings (SSSR count). The van der Waals surface area contributed by atoms with Crippen LogP contribution >= 0.6 is 0 Å². The molecule has 1 amide bonds. The minimum Gasteiger partial charge on any atom is -0.480 e. The van der Waals surface area contributed by atoms with E-state index in [1.54, 1.807) is 0 Å². The lowest BCUT2D eigenvalue weighted by Gasteiger charge is -2.63. The second-order valence-electron chi connectivity index (χ2n) is 13.2. The van der Waals surface area contributed by atoms with Gasteiger partial charge in [-0.2, -0.15) is 0 Å². The maximum absolute atomic E-state index is 12.4. The maximum Gasteiger partial charge on any atom is 0.328 e. The molecule has 1 unspecified atom stereocenters. The first-order chi connectivity index (χ1) is 16.8. The molecule has 0 spiro atoms. The molecular formula is C28H47NO7. The van der Waals surface area contributed by atoms with Crippen LogP contribution in [-0.2, 0) is 9.59 Å².